The second-order valence-corrected chi connectivity index (χ2v) is 9.40. The zero-order chi connectivity index (χ0) is 22.7. The zero-order valence-electron chi connectivity index (χ0n) is 17.8. The highest BCUT2D eigenvalue weighted by Crippen LogP contribution is 2.40. The van der Waals surface area contributed by atoms with Crippen molar-refractivity contribution in [3.8, 4) is 11.3 Å². The molecule has 2 N–H and O–H groups in total. The summed E-state index contributed by atoms with van der Waals surface area (Å²) < 4.78 is 1.98. The van der Waals surface area contributed by atoms with E-state index in [-0.39, 0.29) is 5.91 Å². The van der Waals surface area contributed by atoms with Crippen LogP contribution < -0.4 is 15.1 Å². The van der Waals surface area contributed by atoms with Gasteiger partial charge in [-0.3, -0.25) is 14.4 Å². The number of benzene rings is 1. The first-order valence-corrected chi connectivity index (χ1v) is 11.5. The molecule has 33 heavy (non-hydrogen) atoms. The molecule has 0 unspecified atom stereocenters. The quantitative estimate of drug-likeness (QED) is 0.460. The summed E-state index contributed by atoms with van der Waals surface area (Å²) >= 11 is 12.8. The van der Waals surface area contributed by atoms with Gasteiger partial charge in [0, 0.05) is 55.9 Å². The summed E-state index contributed by atoms with van der Waals surface area (Å²) in [4.78, 5) is 25.0. The van der Waals surface area contributed by atoms with Crippen molar-refractivity contribution < 1.29 is 4.79 Å². The summed E-state index contributed by atoms with van der Waals surface area (Å²) in [5.41, 5.74) is 4.48. The van der Waals surface area contributed by atoms with Crippen LogP contribution in [0.15, 0.2) is 42.9 Å². The fourth-order valence-corrected chi connectivity index (χ4v) is 5.14. The number of hydrogen-bond donors (Lipinski definition) is 2. The van der Waals surface area contributed by atoms with E-state index in [1.165, 1.54) is 0 Å². The fraction of sp³-hybridized carbons (Fsp3) is 0.261. The van der Waals surface area contributed by atoms with E-state index >= 15 is 0 Å². The maximum absolute atomic E-state index is 13.4. The molecule has 6 rings (SSSR count). The largest absolute Gasteiger partial charge is 0.355 e. The molecule has 0 radical (unpaired) electrons. The first-order valence-electron chi connectivity index (χ1n) is 10.7. The Bertz CT molecular complexity index is 1370. The number of H-pyrrole nitrogens is 1. The molecule has 0 atom stereocenters. The highest BCUT2D eigenvalue weighted by atomic mass is 35.5. The molecular weight excluding hydrogens is 461 g/mol. The van der Waals surface area contributed by atoms with Gasteiger partial charge in [0.15, 0.2) is 0 Å². The van der Waals surface area contributed by atoms with Crippen LogP contribution in [0.2, 0.25) is 10.0 Å². The van der Waals surface area contributed by atoms with Crippen molar-refractivity contribution in [2.75, 3.05) is 36.6 Å². The Kier molecular flexibility index (Phi) is 4.83. The lowest BCUT2D eigenvalue weighted by molar-refractivity contribution is 0.0982. The van der Waals surface area contributed by atoms with Crippen molar-refractivity contribution in [3.63, 3.8) is 0 Å². The monoisotopic (exact) mass is 481 g/mol. The van der Waals surface area contributed by atoms with E-state index < -0.39 is 0 Å². The van der Waals surface area contributed by atoms with Crippen LogP contribution in [0.5, 0.6) is 0 Å². The van der Waals surface area contributed by atoms with Gasteiger partial charge in [0.05, 0.1) is 45.5 Å². The topological polar surface area (TPSA) is 82.1 Å². The van der Waals surface area contributed by atoms with Gasteiger partial charge >= 0.3 is 0 Å². The third kappa shape index (κ3) is 3.37. The number of fused-ring (bicyclic) bond motifs is 3. The van der Waals surface area contributed by atoms with E-state index in [4.69, 9.17) is 23.2 Å². The number of rotatable bonds is 4. The predicted octanol–water partition coefficient (Wildman–Crippen LogP) is 4.01. The number of amides is 1. The fourth-order valence-electron chi connectivity index (χ4n) is 4.54. The molecule has 0 spiro atoms. The van der Waals surface area contributed by atoms with E-state index in [2.05, 4.69) is 20.4 Å². The van der Waals surface area contributed by atoms with E-state index in [0.29, 0.717) is 33.9 Å². The lowest BCUT2D eigenvalue weighted by Gasteiger charge is -2.36. The molecule has 1 amide bonds. The number of aromatic amines is 1. The molecule has 3 aromatic heterocycles. The number of aromatic nitrogens is 4. The summed E-state index contributed by atoms with van der Waals surface area (Å²) in [7, 11) is 1.94. The number of pyridine rings is 1. The van der Waals surface area contributed by atoms with Gasteiger partial charge in [-0.2, -0.15) is 5.10 Å². The van der Waals surface area contributed by atoms with Crippen molar-refractivity contribution in [2.45, 2.75) is 6.54 Å². The Morgan fingerprint density at radius 2 is 1.94 bits per heavy atom. The van der Waals surface area contributed by atoms with Crippen LogP contribution in [0.1, 0.15) is 10.4 Å². The van der Waals surface area contributed by atoms with Crippen molar-refractivity contribution in [1.82, 2.24) is 25.1 Å². The van der Waals surface area contributed by atoms with Crippen molar-refractivity contribution in [1.29, 1.82) is 0 Å². The lowest BCUT2D eigenvalue weighted by atomic mass is 10.0. The van der Waals surface area contributed by atoms with Gasteiger partial charge in [0.2, 0.25) is 0 Å². The van der Waals surface area contributed by atoms with Crippen LogP contribution in [0.3, 0.4) is 0 Å². The molecule has 2 aliphatic rings. The number of halogens is 2. The van der Waals surface area contributed by atoms with Crippen LogP contribution >= 0.6 is 23.2 Å². The normalized spacial score (nSPS) is 16.4. The average molecular weight is 482 g/mol. The molecular formula is C23H21Cl2N7O. The van der Waals surface area contributed by atoms with Gasteiger partial charge < -0.3 is 15.2 Å². The van der Waals surface area contributed by atoms with E-state index in [9.17, 15) is 4.79 Å². The summed E-state index contributed by atoms with van der Waals surface area (Å²) in [5.74, 6) is 0.445. The molecule has 4 aromatic rings. The molecule has 1 saturated heterocycles. The van der Waals surface area contributed by atoms with E-state index in [1.54, 1.807) is 29.3 Å². The third-order valence-corrected chi connectivity index (χ3v) is 6.91. The molecule has 8 nitrogen and oxygen atoms in total. The number of hydrogen-bond acceptors (Lipinski definition) is 5. The number of anilines is 2. The third-order valence-electron chi connectivity index (χ3n) is 6.30. The highest BCUT2D eigenvalue weighted by molar-refractivity contribution is 6.40. The van der Waals surface area contributed by atoms with Crippen LogP contribution in [-0.2, 0) is 6.54 Å². The zero-order valence-corrected chi connectivity index (χ0v) is 19.4. The van der Waals surface area contributed by atoms with Crippen LogP contribution in [-0.4, -0.2) is 52.5 Å². The molecule has 1 fully saturated rings. The molecule has 0 bridgehead atoms. The predicted molar refractivity (Wildman–Crippen MR) is 130 cm³/mol. The van der Waals surface area contributed by atoms with E-state index in [1.807, 2.05) is 35.1 Å². The second kappa shape index (κ2) is 7.76. The van der Waals surface area contributed by atoms with Gasteiger partial charge in [-0.25, -0.2) is 4.98 Å². The van der Waals surface area contributed by atoms with Crippen molar-refractivity contribution in [2.24, 2.45) is 5.92 Å². The molecule has 0 aliphatic carbocycles. The Morgan fingerprint density at radius 3 is 2.67 bits per heavy atom. The first-order chi connectivity index (χ1) is 16.0. The Balaban J connectivity index is 1.38. The second-order valence-electron chi connectivity index (χ2n) is 8.58. The minimum atomic E-state index is -0.183. The summed E-state index contributed by atoms with van der Waals surface area (Å²) in [6, 6.07) is 7.26. The maximum Gasteiger partial charge on any atom is 0.263 e. The highest BCUT2D eigenvalue weighted by Gasteiger charge is 2.33. The van der Waals surface area contributed by atoms with Crippen molar-refractivity contribution in [3.05, 3.63) is 58.5 Å². The number of nitrogens with zero attached hydrogens (tertiary/aromatic N) is 5. The van der Waals surface area contributed by atoms with Gasteiger partial charge in [-0.05, 0) is 18.2 Å². The standard InChI is InChI=1S/C23H21Cl2N7O/c1-30-12-32(21-17(24)3-2-4-18(21)25)23(33)16-9-27-22-15(20(16)30)5-19(29-22)14-8-28-31(11-14)10-13-6-26-7-13/h2-5,8-9,11,13,26H,6-7,10,12H2,1H3,(H,27,29). The number of carbonyl (C=O) groups is 1. The molecule has 10 heteroatoms. The van der Waals surface area contributed by atoms with Crippen LogP contribution in [0.4, 0.5) is 11.4 Å². The molecule has 168 valence electrons. The maximum atomic E-state index is 13.4. The van der Waals surface area contributed by atoms with Gasteiger partial charge in [-0.1, -0.05) is 29.3 Å². The summed E-state index contributed by atoms with van der Waals surface area (Å²) in [6.07, 6.45) is 5.52. The van der Waals surface area contributed by atoms with Crippen LogP contribution in [0.25, 0.3) is 22.3 Å². The minimum absolute atomic E-state index is 0.183. The SMILES string of the molecule is CN1CN(c2c(Cl)cccc2Cl)C(=O)c2cnc3[nH]c(-c4cnn(CC5CNC5)c4)cc3c21. The molecule has 5 heterocycles. The number of para-hydroxylation sites is 1. The van der Waals surface area contributed by atoms with Gasteiger partial charge in [-0.15, -0.1) is 0 Å². The Morgan fingerprint density at radius 1 is 1.15 bits per heavy atom. The smallest absolute Gasteiger partial charge is 0.263 e. The van der Waals surface area contributed by atoms with Gasteiger partial charge in [0.25, 0.3) is 5.91 Å². The molecule has 0 saturated carbocycles. The van der Waals surface area contributed by atoms with E-state index in [0.717, 1.165) is 47.6 Å². The number of nitrogens with one attached hydrogen (secondary N) is 2. The Hall–Kier alpha value is -3.07. The van der Waals surface area contributed by atoms with Gasteiger partial charge in [0.1, 0.15) is 5.65 Å². The summed E-state index contributed by atoms with van der Waals surface area (Å²) in [5, 5.41) is 9.55. The number of carbonyl (C=O) groups excluding carboxylic acids is 1. The van der Waals surface area contributed by atoms with Crippen LogP contribution in [0, 0.1) is 5.92 Å². The lowest BCUT2D eigenvalue weighted by Crippen LogP contribution is -2.45. The molecule has 2 aliphatic heterocycles. The summed E-state index contributed by atoms with van der Waals surface area (Å²) in [6.45, 7) is 3.30. The van der Waals surface area contributed by atoms with Crippen molar-refractivity contribution >= 4 is 51.5 Å². The average Bonchev–Trinajstić information content (AvgIpc) is 3.40. The minimum Gasteiger partial charge on any atom is -0.355 e. The Labute approximate surface area is 200 Å². The first kappa shape index (κ1) is 20.5. The molecule has 1 aromatic carbocycles.